The molecule has 0 unspecified atom stereocenters. The smallest absolute Gasteiger partial charge is 0.299 e. The van der Waals surface area contributed by atoms with Crippen LogP contribution in [0.3, 0.4) is 0 Å². The maximum absolute atomic E-state index is 12.7. The molecule has 1 heterocycles. The zero-order valence-corrected chi connectivity index (χ0v) is 12.6. The Labute approximate surface area is 126 Å². The molecule has 114 valence electrons. The van der Waals surface area contributed by atoms with Crippen molar-refractivity contribution in [3.63, 3.8) is 0 Å². The van der Waals surface area contributed by atoms with Gasteiger partial charge in [-0.2, -0.15) is 18.4 Å². The van der Waals surface area contributed by atoms with Crippen molar-refractivity contribution in [2.75, 3.05) is 19.3 Å². The normalized spacial score (nSPS) is 19.2. The van der Waals surface area contributed by atoms with Gasteiger partial charge >= 0.3 is 6.18 Å². The molecule has 0 atom stereocenters. The van der Waals surface area contributed by atoms with E-state index in [0.717, 1.165) is 32.0 Å². The van der Waals surface area contributed by atoms with Crippen LogP contribution in [0.2, 0.25) is 0 Å². The maximum Gasteiger partial charge on any atom is 0.416 e. The number of nitrogens with zero attached hydrogens (tertiary/aromatic N) is 2. The van der Waals surface area contributed by atoms with E-state index in [2.05, 4.69) is 11.0 Å². The van der Waals surface area contributed by atoms with Gasteiger partial charge in [0, 0.05) is 19.6 Å². The Hall–Kier alpha value is -1.19. The maximum atomic E-state index is 12.7. The molecule has 0 N–H and O–H groups in total. The van der Waals surface area contributed by atoms with Gasteiger partial charge < -0.3 is 0 Å². The lowest BCUT2D eigenvalue weighted by atomic mass is 9.97. The molecule has 0 radical (unpaired) electrons. The van der Waals surface area contributed by atoms with Gasteiger partial charge in [0.2, 0.25) is 0 Å². The van der Waals surface area contributed by atoms with Crippen molar-refractivity contribution < 1.29 is 13.2 Å². The highest BCUT2D eigenvalue weighted by atomic mass is 32.2. The molecule has 0 spiro atoms. The Morgan fingerprint density at radius 2 is 2.00 bits per heavy atom. The third-order valence-electron chi connectivity index (χ3n) is 3.92. The second-order valence-corrected chi connectivity index (χ2v) is 6.47. The standard InChI is InChI=1S/C15H17F3N2S/c1-21-14(11-19)5-7-20(8-6-14)10-12-3-2-4-13(9-12)15(16,17)18/h2-4,9H,5-8,10H2,1H3. The van der Waals surface area contributed by atoms with Crippen molar-refractivity contribution in [3.05, 3.63) is 35.4 Å². The number of benzene rings is 1. The number of thioether (sulfide) groups is 1. The van der Waals surface area contributed by atoms with Gasteiger partial charge in [0.15, 0.2) is 0 Å². The Bertz CT molecular complexity index is 528. The van der Waals surface area contributed by atoms with Crippen LogP contribution in [-0.2, 0) is 12.7 Å². The lowest BCUT2D eigenvalue weighted by Crippen LogP contribution is -2.41. The molecule has 1 aliphatic rings. The molecule has 0 aliphatic carbocycles. The highest BCUT2D eigenvalue weighted by Gasteiger charge is 2.34. The zero-order valence-electron chi connectivity index (χ0n) is 11.8. The number of nitriles is 1. The quantitative estimate of drug-likeness (QED) is 0.846. The second-order valence-electron chi connectivity index (χ2n) is 5.28. The lowest BCUT2D eigenvalue weighted by Gasteiger charge is -2.36. The van der Waals surface area contributed by atoms with Crippen molar-refractivity contribution in [1.29, 1.82) is 5.26 Å². The first-order chi connectivity index (χ1) is 9.88. The molecule has 0 aromatic heterocycles. The minimum absolute atomic E-state index is 0.329. The van der Waals surface area contributed by atoms with E-state index in [1.807, 2.05) is 6.26 Å². The molecule has 1 aromatic carbocycles. The van der Waals surface area contributed by atoms with Crippen molar-refractivity contribution in [1.82, 2.24) is 4.90 Å². The highest BCUT2D eigenvalue weighted by molar-refractivity contribution is 8.00. The highest BCUT2D eigenvalue weighted by Crippen LogP contribution is 2.34. The number of likely N-dealkylation sites (tertiary alicyclic amines) is 1. The average Bonchev–Trinajstić information content (AvgIpc) is 2.48. The molecular formula is C15H17F3N2S. The van der Waals surface area contributed by atoms with E-state index in [1.165, 1.54) is 12.1 Å². The molecule has 6 heteroatoms. The number of hydrogen-bond acceptors (Lipinski definition) is 3. The molecule has 2 rings (SSSR count). The fourth-order valence-electron chi connectivity index (χ4n) is 2.54. The Balaban J connectivity index is 2.00. The summed E-state index contributed by atoms with van der Waals surface area (Å²) in [6, 6.07) is 7.83. The van der Waals surface area contributed by atoms with E-state index < -0.39 is 11.7 Å². The summed E-state index contributed by atoms with van der Waals surface area (Å²) >= 11 is 1.57. The summed E-state index contributed by atoms with van der Waals surface area (Å²) in [6.45, 7) is 1.98. The topological polar surface area (TPSA) is 27.0 Å². The Morgan fingerprint density at radius 3 is 2.52 bits per heavy atom. The molecule has 2 nitrogen and oxygen atoms in total. The predicted molar refractivity (Wildman–Crippen MR) is 77.8 cm³/mol. The summed E-state index contributed by atoms with van der Waals surface area (Å²) < 4.78 is 37.7. The zero-order chi connectivity index (χ0) is 15.5. The van der Waals surface area contributed by atoms with Crippen LogP contribution in [0.15, 0.2) is 24.3 Å². The fraction of sp³-hybridized carbons (Fsp3) is 0.533. The van der Waals surface area contributed by atoms with E-state index in [4.69, 9.17) is 0 Å². The van der Waals surface area contributed by atoms with Crippen LogP contribution >= 0.6 is 11.8 Å². The summed E-state index contributed by atoms with van der Waals surface area (Å²) in [4.78, 5) is 2.11. The van der Waals surface area contributed by atoms with Crippen molar-refractivity contribution >= 4 is 11.8 Å². The van der Waals surface area contributed by atoms with Crippen LogP contribution in [-0.4, -0.2) is 29.0 Å². The number of halogens is 3. The van der Waals surface area contributed by atoms with Crippen LogP contribution in [0, 0.1) is 11.3 Å². The van der Waals surface area contributed by atoms with Gasteiger partial charge in [-0.1, -0.05) is 18.2 Å². The Morgan fingerprint density at radius 1 is 1.33 bits per heavy atom. The fourth-order valence-corrected chi connectivity index (χ4v) is 3.22. The van der Waals surface area contributed by atoms with Gasteiger partial charge in [0.25, 0.3) is 0 Å². The van der Waals surface area contributed by atoms with Gasteiger partial charge in [0.05, 0.1) is 11.6 Å². The van der Waals surface area contributed by atoms with E-state index in [-0.39, 0.29) is 4.75 Å². The minimum atomic E-state index is -4.30. The number of alkyl halides is 3. The summed E-state index contributed by atoms with van der Waals surface area (Å²) in [5.74, 6) is 0. The summed E-state index contributed by atoms with van der Waals surface area (Å²) in [7, 11) is 0. The predicted octanol–water partition coefficient (Wildman–Crippen LogP) is 3.93. The molecule has 0 saturated carbocycles. The first-order valence-corrected chi connectivity index (χ1v) is 7.96. The van der Waals surface area contributed by atoms with Crippen LogP contribution in [0.5, 0.6) is 0 Å². The molecule has 21 heavy (non-hydrogen) atoms. The third kappa shape index (κ3) is 3.92. The van der Waals surface area contributed by atoms with Gasteiger partial charge in [-0.25, -0.2) is 0 Å². The lowest BCUT2D eigenvalue weighted by molar-refractivity contribution is -0.137. The van der Waals surface area contributed by atoms with Crippen LogP contribution in [0.1, 0.15) is 24.0 Å². The molecule has 1 saturated heterocycles. The first-order valence-electron chi connectivity index (χ1n) is 6.73. The molecule has 0 bridgehead atoms. The van der Waals surface area contributed by atoms with Crippen LogP contribution < -0.4 is 0 Å². The van der Waals surface area contributed by atoms with Crippen LogP contribution in [0.25, 0.3) is 0 Å². The number of rotatable bonds is 3. The largest absolute Gasteiger partial charge is 0.416 e. The van der Waals surface area contributed by atoms with Gasteiger partial charge in [-0.15, -0.1) is 11.8 Å². The van der Waals surface area contributed by atoms with E-state index in [1.54, 1.807) is 17.8 Å². The SMILES string of the molecule is CSC1(C#N)CCN(Cc2cccc(C(F)(F)F)c2)CC1. The van der Waals surface area contributed by atoms with Crippen molar-refractivity contribution in [2.45, 2.75) is 30.3 Å². The molecular weight excluding hydrogens is 297 g/mol. The molecule has 1 fully saturated rings. The monoisotopic (exact) mass is 314 g/mol. The van der Waals surface area contributed by atoms with Gasteiger partial charge in [0.1, 0.15) is 4.75 Å². The summed E-state index contributed by atoms with van der Waals surface area (Å²) in [5.41, 5.74) is 0.0610. The average molecular weight is 314 g/mol. The van der Waals surface area contributed by atoms with Gasteiger partial charge in [-0.3, -0.25) is 4.90 Å². The second kappa shape index (κ2) is 6.29. The van der Waals surface area contributed by atoms with E-state index in [0.29, 0.717) is 12.1 Å². The summed E-state index contributed by atoms with van der Waals surface area (Å²) in [5, 5.41) is 9.23. The van der Waals surface area contributed by atoms with Crippen molar-refractivity contribution in [2.24, 2.45) is 0 Å². The molecule has 0 amide bonds. The van der Waals surface area contributed by atoms with Gasteiger partial charge in [-0.05, 0) is 30.7 Å². The summed E-state index contributed by atoms with van der Waals surface area (Å²) in [6.07, 6.45) is -0.855. The molecule has 1 aliphatic heterocycles. The number of hydrogen-bond donors (Lipinski definition) is 0. The van der Waals surface area contributed by atoms with E-state index >= 15 is 0 Å². The van der Waals surface area contributed by atoms with Crippen molar-refractivity contribution in [3.8, 4) is 6.07 Å². The third-order valence-corrected chi connectivity index (χ3v) is 5.20. The molecule has 1 aromatic rings. The first kappa shape index (κ1) is 16.2. The van der Waals surface area contributed by atoms with Crippen LogP contribution in [0.4, 0.5) is 13.2 Å². The Kier molecular flexibility index (Phi) is 4.84. The van der Waals surface area contributed by atoms with E-state index in [9.17, 15) is 18.4 Å². The minimum Gasteiger partial charge on any atom is -0.299 e. The number of piperidine rings is 1.